The zero-order valence-electron chi connectivity index (χ0n) is 17.9. The van der Waals surface area contributed by atoms with E-state index in [0.717, 1.165) is 49.8 Å². The fraction of sp³-hybridized carbons (Fsp3) is 0.542. The van der Waals surface area contributed by atoms with Crippen molar-refractivity contribution in [1.82, 2.24) is 0 Å². The van der Waals surface area contributed by atoms with Gasteiger partial charge < -0.3 is 14.6 Å². The number of allylic oxidation sites excluding steroid dienone is 1. The van der Waals surface area contributed by atoms with Gasteiger partial charge in [-0.3, -0.25) is 9.79 Å². The number of aromatic hydroxyl groups is 1. The molecule has 0 aromatic heterocycles. The molecule has 2 aliphatic carbocycles. The first-order valence-corrected chi connectivity index (χ1v) is 11.9. The third kappa shape index (κ3) is 4.29. The molecular formula is C24H28BrNO5. The van der Waals surface area contributed by atoms with E-state index in [0.29, 0.717) is 34.5 Å². The van der Waals surface area contributed by atoms with Crippen molar-refractivity contribution in [2.45, 2.75) is 70.8 Å². The van der Waals surface area contributed by atoms with Crippen LogP contribution in [0.1, 0.15) is 70.3 Å². The smallest absolute Gasteiger partial charge is 0.336 e. The number of nitrogens with zero attached hydrogens (tertiary/aromatic N) is 1. The molecule has 0 saturated heterocycles. The number of esters is 1. The molecule has 2 fully saturated rings. The van der Waals surface area contributed by atoms with Crippen LogP contribution < -0.4 is 4.74 Å². The first-order chi connectivity index (χ1) is 14.9. The lowest BCUT2D eigenvalue weighted by Gasteiger charge is -2.36. The van der Waals surface area contributed by atoms with Gasteiger partial charge in [0.25, 0.3) is 0 Å². The summed E-state index contributed by atoms with van der Waals surface area (Å²) in [6.07, 6.45) is 5.79. The number of hydrogen-bond donors (Lipinski definition) is 1. The highest BCUT2D eigenvalue weighted by Gasteiger charge is 2.44. The van der Waals surface area contributed by atoms with E-state index in [2.05, 4.69) is 20.9 Å². The third-order valence-corrected chi connectivity index (χ3v) is 7.02. The van der Waals surface area contributed by atoms with E-state index >= 15 is 0 Å². The molecule has 1 aromatic rings. The Morgan fingerprint density at radius 2 is 1.94 bits per heavy atom. The molecule has 0 radical (unpaired) electrons. The normalized spacial score (nSPS) is 24.1. The highest BCUT2D eigenvalue weighted by atomic mass is 79.9. The average Bonchev–Trinajstić information content (AvgIpc) is 3.23. The Balaban J connectivity index is 1.81. The molecule has 1 aliphatic heterocycles. The minimum atomic E-state index is -0.509. The number of carbonyl (C=O) groups is 2. The number of phenols is 1. The summed E-state index contributed by atoms with van der Waals surface area (Å²) in [7, 11) is 0. The Kier molecular flexibility index (Phi) is 6.51. The van der Waals surface area contributed by atoms with Crippen molar-refractivity contribution in [3.63, 3.8) is 0 Å². The summed E-state index contributed by atoms with van der Waals surface area (Å²) in [5, 5.41) is 10.4. The number of rotatable bonds is 5. The number of fused-ring (bicyclic) bond motifs is 1. The van der Waals surface area contributed by atoms with E-state index in [1.165, 1.54) is 0 Å². The minimum Gasteiger partial charge on any atom is -0.503 e. The lowest BCUT2D eigenvalue weighted by Crippen LogP contribution is -2.39. The molecule has 3 aliphatic rings. The van der Waals surface area contributed by atoms with Gasteiger partial charge in [0.15, 0.2) is 11.5 Å². The van der Waals surface area contributed by atoms with Crippen LogP contribution in [-0.2, 0) is 14.3 Å². The molecule has 1 unspecified atom stereocenters. The number of halogens is 1. The van der Waals surface area contributed by atoms with E-state index in [1.807, 2.05) is 13.8 Å². The van der Waals surface area contributed by atoms with E-state index in [1.54, 1.807) is 12.1 Å². The molecule has 2 saturated carbocycles. The first-order valence-electron chi connectivity index (χ1n) is 11.1. The van der Waals surface area contributed by atoms with Crippen molar-refractivity contribution in [3.8, 4) is 11.5 Å². The second-order valence-corrected chi connectivity index (χ2v) is 9.33. The van der Waals surface area contributed by atoms with Gasteiger partial charge in [0.05, 0.1) is 22.6 Å². The summed E-state index contributed by atoms with van der Waals surface area (Å²) in [6, 6.07) is 3.50. The average molecular weight is 490 g/mol. The molecule has 0 spiro atoms. The highest BCUT2D eigenvalue weighted by Crippen LogP contribution is 2.47. The first kappa shape index (κ1) is 22.1. The molecule has 0 amide bonds. The summed E-state index contributed by atoms with van der Waals surface area (Å²) >= 11 is 3.40. The summed E-state index contributed by atoms with van der Waals surface area (Å²) in [4.78, 5) is 31.1. The topological polar surface area (TPSA) is 85.2 Å². The number of benzene rings is 1. The van der Waals surface area contributed by atoms with Crippen LogP contribution in [0, 0.1) is 5.92 Å². The summed E-state index contributed by atoms with van der Waals surface area (Å²) < 4.78 is 11.9. The van der Waals surface area contributed by atoms with Gasteiger partial charge in [0.1, 0.15) is 11.9 Å². The molecule has 1 heterocycles. The van der Waals surface area contributed by atoms with Crippen molar-refractivity contribution in [2.75, 3.05) is 6.61 Å². The van der Waals surface area contributed by atoms with Crippen LogP contribution in [0.5, 0.6) is 11.5 Å². The molecule has 1 aromatic carbocycles. The molecule has 31 heavy (non-hydrogen) atoms. The molecular weight excluding hydrogens is 462 g/mol. The maximum Gasteiger partial charge on any atom is 0.336 e. The van der Waals surface area contributed by atoms with Crippen molar-refractivity contribution in [1.29, 1.82) is 0 Å². The monoisotopic (exact) mass is 489 g/mol. The van der Waals surface area contributed by atoms with Gasteiger partial charge in [-0.1, -0.05) is 0 Å². The van der Waals surface area contributed by atoms with Crippen LogP contribution in [0.15, 0.2) is 32.9 Å². The van der Waals surface area contributed by atoms with Gasteiger partial charge in [-0.05, 0) is 86.0 Å². The number of Topliss-reactive ketones (excluding diaryl/α,β-unsaturated/α-hetero) is 1. The standard InChI is InChI=1S/C24H28BrNO5/c1-3-30-19-12-14(11-16(25)23(19)28)21-20(24(29)31-15-7-4-5-8-15)13(2)26-17-9-6-10-18(27)22(17)21/h11-12,15,21-22,28H,3-10H2,1-2H3/t21-,22?/m0/s1. The van der Waals surface area contributed by atoms with Gasteiger partial charge in [0, 0.05) is 23.7 Å². The molecule has 166 valence electrons. The number of aliphatic imine (C=N–C) groups is 1. The fourth-order valence-electron chi connectivity index (χ4n) is 5.01. The van der Waals surface area contributed by atoms with Crippen LogP contribution in [0.3, 0.4) is 0 Å². The number of ether oxygens (including phenoxy) is 2. The molecule has 1 N–H and O–H groups in total. The van der Waals surface area contributed by atoms with Crippen LogP contribution in [-0.4, -0.2) is 35.3 Å². The summed E-state index contributed by atoms with van der Waals surface area (Å²) in [6.45, 7) is 4.04. The molecule has 0 bridgehead atoms. The lowest BCUT2D eigenvalue weighted by atomic mass is 9.69. The quantitative estimate of drug-likeness (QED) is 0.572. The van der Waals surface area contributed by atoms with Crippen LogP contribution in [0.2, 0.25) is 0 Å². The van der Waals surface area contributed by atoms with E-state index in [4.69, 9.17) is 9.47 Å². The SMILES string of the molecule is CCOc1cc([C@H]2C(C(=O)OC3CCCC3)=C(C)N=C3CCCC(=O)C32)cc(Br)c1O. The second kappa shape index (κ2) is 9.15. The lowest BCUT2D eigenvalue weighted by molar-refractivity contribution is -0.144. The van der Waals surface area contributed by atoms with Crippen LogP contribution >= 0.6 is 15.9 Å². The van der Waals surface area contributed by atoms with Gasteiger partial charge in [-0.2, -0.15) is 0 Å². The zero-order valence-corrected chi connectivity index (χ0v) is 19.5. The Morgan fingerprint density at radius 3 is 2.65 bits per heavy atom. The van der Waals surface area contributed by atoms with E-state index in [-0.39, 0.29) is 17.6 Å². The minimum absolute atomic E-state index is 0.000976. The predicted molar refractivity (Wildman–Crippen MR) is 121 cm³/mol. The van der Waals surface area contributed by atoms with E-state index < -0.39 is 17.8 Å². The van der Waals surface area contributed by atoms with Crippen molar-refractivity contribution >= 4 is 33.4 Å². The van der Waals surface area contributed by atoms with Crippen LogP contribution in [0.25, 0.3) is 0 Å². The van der Waals surface area contributed by atoms with Crippen molar-refractivity contribution in [3.05, 3.63) is 33.4 Å². The summed E-state index contributed by atoms with van der Waals surface area (Å²) in [5.41, 5.74) is 2.61. The van der Waals surface area contributed by atoms with Gasteiger partial charge in [0.2, 0.25) is 0 Å². The largest absolute Gasteiger partial charge is 0.503 e. The van der Waals surface area contributed by atoms with Crippen LogP contribution in [0.4, 0.5) is 0 Å². The maximum absolute atomic E-state index is 13.3. The fourth-order valence-corrected chi connectivity index (χ4v) is 5.47. The van der Waals surface area contributed by atoms with Gasteiger partial charge in [-0.15, -0.1) is 0 Å². The zero-order chi connectivity index (χ0) is 22.1. The van der Waals surface area contributed by atoms with E-state index in [9.17, 15) is 14.7 Å². The number of hydrogen-bond acceptors (Lipinski definition) is 6. The van der Waals surface area contributed by atoms with Gasteiger partial charge in [-0.25, -0.2) is 4.79 Å². The Bertz CT molecular complexity index is 961. The van der Waals surface area contributed by atoms with Gasteiger partial charge >= 0.3 is 5.97 Å². The molecule has 4 rings (SSSR count). The Labute approximate surface area is 190 Å². The molecule has 2 atom stereocenters. The Morgan fingerprint density at radius 1 is 1.19 bits per heavy atom. The maximum atomic E-state index is 13.3. The van der Waals surface area contributed by atoms with Crippen molar-refractivity contribution in [2.24, 2.45) is 10.9 Å². The highest BCUT2D eigenvalue weighted by molar-refractivity contribution is 9.10. The number of carbonyl (C=O) groups excluding carboxylic acids is 2. The number of phenolic OH excluding ortho intramolecular Hbond substituents is 1. The Hall–Kier alpha value is -2.15. The third-order valence-electron chi connectivity index (χ3n) is 6.41. The van der Waals surface area contributed by atoms with Crippen molar-refractivity contribution < 1.29 is 24.2 Å². The molecule has 6 nitrogen and oxygen atoms in total. The summed E-state index contributed by atoms with van der Waals surface area (Å²) in [5.74, 6) is -0.977. The second-order valence-electron chi connectivity index (χ2n) is 8.47. The molecule has 7 heteroatoms. The number of ketones is 1. The predicted octanol–water partition coefficient (Wildman–Crippen LogP) is 5.22.